The monoisotopic (exact) mass is 299 g/mol. The largest absolute Gasteiger partial charge is 0.481 e. The summed E-state index contributed by atoms with van der Waals surface area (Å²) < 4.78 is 0. The Morgan fingerprint density at radius 2 is 1.86 bits per heavy atom. The number of carbonyl (C=O) groups excluding carboxylic acids is 2. The van der Waals surface area contributed by atoms with Crippen LogP contribution in [0.25, 0.3) is 0 Å². The minimum Gasteiger partial charge on any atom is -0.481 e. The van der Waals surface area contributed by atoms with E-state index in [2.05, 4.69) is 15.5 Å². The molecule has 0 aliphatic heterocycles. The number of aliphatic carboxylic acids is 1. The smallest absolute Gasteiger partial charge is 0.321 e. The van der Waals surface area contributed by atoms with Crippen molar-refractivity contribution in [1.82, 2.24) is 15.5 Å². The molecule has 1 unspecified atom stereocenters. The van der Waals surface area contributed by atoms with E-state index in [0.29, 0.717) is 6.54 Å². The zero-order valence-electron chi connectivity index (χ0n) is 12.9. The molecule has 3 amide bonds. The molecule has 0 aromatic heterocycles. The third kappa shape index (κ3) is 5.34. The second-order valence-electron chi connectivity index (χ2n) is 6.11. The van der Waals surface area contributed by atoms with Gasteiger partial charge in [0.2, 0.25) is 5.91 Å². The zero-order valence-corrected chi connectivity index (χ0v) is 12.9. The summed E-state index contributed by atoms with van der Waals surface area (Å²) in [7, 11) is 3.97. The van der Waals surface area contributed by atoms with E-state index < -0.39 is 17.9 Å². The molecule has 1 saturated carbocycles. The lowest BCUT2D eigenvalue weighted by molar-refractivity contribution is -0.138. The summed E-state index contributed by atoms with van der Waals surface area (Å²) >= 11 is 0. The highest BCUT2D eigenvalue weighted by Crippen LogP contribution is 2.35. The van der Waals surface area contributed by atoms with Gasteiger partial charge in [0.25, 0.3) is 0 Å². The predicted molar refractivity (Wildman–Crippen MR) is 77.8 cm³/mol. The predicted octanol–water partition coefficient (Wildman–Crippen LogP) is 0.797. The second kappa shape index (κ2) is 7.40. The van der Waals surface area contributed by atoms with Crippen LogP contribution in [0.15, 0.2) is 0 Å². The number of hydrogen-bond donors (Lipinski definition) is 3. The number of nitrogens with one attached hydrogen (secondary N) is 2. The Kier molecular flexibility index (Phi) is 6.14. The molecule has 0 saturated heterocycles. The molecule has 1 aliphatic rings. The van der Waals surface area contributed by atoms with Gasteiger partial charge in [0.15, 0.2) is 0 Å². The first-order valence-electron chi connectivity index (χ1n) is 7.22. The zero-order chi connectivity index (χ0) is 16.0. The molecule has 0 spiro atoms. The SMILES string of the molecule is CC(CC(=O)O)CC(=O)NC(=O)NCC1(N(C)C)CCC1. The quantitative estimate of drug-likeness (QED) is 0.646. The summed E-state index contributed by atoms with van der Waals surface area (Å²) in [5, 5.41) is 13.6. The molecule has 1 atom stereocenters. The normalized spacial score (nSPS) is 17.7. The highest BCUT2D eigenvalue weighted by Gasteiger charge is 2.39. The van der Waals surface area contributed by atoms with Gasteiger partial charge >= 0.3 is 12.0 Å². The lowest BCUT2D eigenvalue weighted by Gasteiger charge is -2.47. The standard InChI is InChI=1S/C14H25N3O4/c1-10(8-12(19)20)7-11(18)16-13(21)15-9-14(17(2)3)5-4-6-14/h10H,4-9H2,1-3H3,(H,19,20)(H2,15,16,18,21). The number of likely N-dealkylation sites (N-methyl/N-ethyl adjacent to an activating group) is 1. The van der Waals surface area contributed by atoms with Gasteiger partial charge in [0.1, 0.15) is 0 Å². The average molecular weight is 299 g/mol. The molecule has 0 aromatic rings. The maximum atomic E-state index is 11.7. The van der Waals surface area contributed by atoms with E-state index in [9.17, 15) is 14.4 Å². The van der Waals surface area contributed by atoms with Gasteiger partial charge in [-0.2, -0.15) is 0 Å². The van der Waals surface area contributed by atoms with Gasteiger partial charge in [-0.05, 0) is 39.3 Å². The van der Waals surface area contributed by atoms with Crippen molar-refractivity contribution in [2.45, 2.75) is 44.6 Å². The van der Waals surface area contributed by atoms with Crippen LogP contribution >= 0.6 is 0 Å². The van der Waals surface area contributed by atoms with Crippen molar-refractivity contribution >= 4 is 17.9 Å². The fraction of sp³-hybridized carbons (Fsp3) is 0.786. The fourth-order valence-corrected chi connectivity index (χ4v) is 2.52. The topological polar surface area (TPSA) is 98.7 Å². The number of hydrogen-bond acceptors (Lipinski definition) is 4. The van der Waals surface area contributed by atoms with Crippen molar-refractivity contribution in [2.24, 2.45) is 5.92 Å². The minimum absolute atomic E-state index is 0.00299. The van der Waals surface area contributed by atoms with Crippen molar-refractivity contribution in [1.29, 1.82) is 0 Å². The van der Waals surface area contributed by atoms with Crippen molar-refractivity contribution < 1.29 is 19.5 Å². The van der Waals surface area contributed by atoms with E-state index in [-0.39, 0.29) is 24.3 Å². The summed E-state index contributed by atoms with van der Waals surface area (Å²) in [6.45, 7) is 2.17. The number of carboxylic acid groups (broad SMARTS) is 1. The van der Waals surface area contributed by atoms with E-state index in [1.165, 1.54) is 0 Å². The first-order valence-corrected chi connectivity index (χ1v) is 7.22. The Hall–Kier alpha value is -1.63. The summed E-state index contributed by atoms with van der Waals surface area (Å²) in [4.78, 5) is 35.9. The molecule has 120 valence electrons. The molecule has 0 heterocycles. The van der Waals surface area contributed by atoms with Crippen LogP contribution in [-0.4, -0.2) is 54.1 Å². The molecule has 7 nitrogen and oxygen atoms in total. The molecule has 1 aliphatic carbocycles. The summed E-state index contributed by atoms with van der Waals surface area (Å²) in [6.07, 6.45) is 3.15. The number of rotatable bonds is 7. The van der Waals surface area contributed by atoms with E-state index in [1.807, 2.05) is 14.1 Å². The number of imide groups is 1. The molecule has 1 fully saturated rings. The van der Waals surface area contributed by atoms with E-state index in [4.69, 9.17) is 5.11 Å². The molecular weight excluding hydrogens is 274 g/mol. The average Bonchev–Trinajstić information content (AvgIpc) is 2.24. The minimum atomic E-state index is -0.947. The molecule has 7 heteroatoms. The number of nitrogens with zero attached hydrogens (tertiary/aromatic N) is 1. The molecule has 21 heavy (non-hydrogen) atoms. The summed E-state index contributed by atoms with van der Waals surface area (Å²) in [5.41, 5.74) is -0.00299. The molecule has 0 radical (unpaired) electrons. The van der Waals surface area contributed by atoms with Crippen LogP contribution in [0.5, 0.6) is 0 Å². The van der Waals surface area contributed by atoms with Crippen LogP contribution in [0.2, 0.25) is 0 Å². The van der Waals surface area contributed by atoms with Crippen molar-refractivity contribution in [3.63, 3.8) is 0 Å². The Balaban J connectivity index is 2.30. The first kappa shape index (κ1) is 17.4. The molecular formula is C14H25N3O4. The Morgan fingerprint density at radius 3 is 2.29 bits per heavy atom. The third-order valence-electron chi connectivity index (χ3n) is 4.12. The number of carboxylic acids is 1. The van der Waals surface area contributed by atoms with Gasteiger partial charge in [0.05, 0.1) is 0 Å². The lowest BCUT2D eigenvalue weighted by atomic mass is 9.75. The summed E-state index contributed by atoms with van der Waals surface area (Å²) in [6, 6.07) is -0.518. The van der Waals surface area contributed by atoms with Crippen molar-refractivity contribution in [3.05, 3.63) is 0 Å². The van der Waals surface area contributed by atoms with Gasteiger partial charge in [-0.15, -0.1) is 0 Å². The highest BCUT2D eigenvalue weighted by molar-refractivity contribution is 5.94. The lowest BCUT2D eigenvalue weighted by Crippen LogP contribution is -2.58. The van der Waals surface area contributed by atoms with Crippen LogP contribution in [-0.2, 0) is 9.59 Å². The molecule has 1 rings (SSSR count). The maximum Gasteiger partial charge on any atom is 0.321 e. The summed E-state index contributed by atoms with van der Waals surface area (Å²) in [5.74, 6) is -1.69. The Bertz CT molecular complexity index is 405. The van der Waals surface area contributed by atoms with E-state index in [1.54, 1.807) is 6.92 Å². The van der Waals surface area contributed by atoms with Gasteiger partial charge in [-0.1, -0.05) is 6.92 Å². The van der Waals surface area contributed by atoms with Gasteiger partial charge in [-0.25, -0.2) is 4.79 Å². The van der Waals surface area contributed by atoms with Crippen LogP contribution in [0.1, 0.15) is 39.0 Å². The molecule has 0 aromatic carbocycles. The van der Waals surface area contributed by atoms with E-state index in [0.717, 1.165) is 19.3 Å². The van der Waals surface area contributed by atoms with Crippen LogP contribution < -0.4 is 10.6 Å². The second-order valence-corrected chi connectivity index (χ2v) is 6.11. The molecule has 0 bridgehead atoms. The van der Waals surface area contributed by atoms with Gasteiger partial charge in [-0.3, -0.25) is 14.9 Å². The van der Waals surface area contributed by atoms with Crippen molar-refractivity contribution in [2.75, 3.05) is 20.6 Å². The maximum absolute atomic E-state index is 11.7. The number of amides is 3. The van der Waals surface area contributed by atoms with Crippen LogP contribution in [0, 0.1) is 5.92 Å². The Morgan fingerprint density at radius 1 is 1.24 bits per heavy atom. The van der Waals surface area contributed by atoms with Gasteiger partial charge in [0, 0.05) is 24.9 Å². The highest BCUT2D eigenvalue weighted by atomic mass is 16.4. The number of carbonyl (C=O) groups is 3. The first-order chi connectivity index (χ1) is 9.75. The third-order valence-corrected chi connectivity index (χ3v) is 4.12. The number of urea groups is 1. The van der Waals surface area contributed by atoms with Crippen molar-refractivity contribution in [3.8, 4) is 0 Å². The van der Waals surface area contributed by atoms with Crippen LogP contribution in [0.3, 0.4) is 0 Å². The van der Waals surface area contributed by atoms with Gasteiger partial charge < -0.3 is 15.3 Å². The van der Waals surface area contributed by atoms with E-state index >= 15 is 0 Å². The van der Waals surface area contributed by atoms with Crippen LogP contribution in [0.4, 0.5) is 4.79 Å². The fourth-order valence-electron chi connectivity index (χ4n) is 2.52. The Labute approximate surface area is 125 Å². The molecule has 3 N–H and O–H groups in total.